The lowest BCUT2D eigenvalue weighted by Gasteiger charge is -2.13. The molecule has 5 N–H and O–H groups in total. The van der Waals surface area contributed by atoms with Crippen LogP contribution in [0.15, 0.2) is 88.3 Å². The number of aryl methyl sites for hydroxylation is 2. The molecule has 0 radical (unpaired) electrons. The monoisotopic (exact) mass is 512 g/mol. The van der Waals surface area contributed by atoms with Crippen LogP contribution in [0.25, 0.3) is 11.1 Å². The number of hydrogen-bond acceptors (Lipinski definition) is 5. The second-order valence-corrected chi connectivity index (χ2v) is 9.80. The van der Waals surface area contributed by atoms with Gasteiger partial charge in [0.05, 0.1) is 11.4 Å². The molecule has 3 aromatic carbocycles. The van der Waals surface area contributed by atoms with Crippen molar-refractivity contribution >= 4 is 33.2 Å². The number of carbonyl (C=O) groups excluding carboxylic acids is 1. The highest BCUT2D eigenvalue weighted by Gasteiger charge is 2.18. The van der Waals surface area contributed by atoms with Gasteiger partial charge in [0.2, 0.25) is 0 Å². The van der Waals surface area contributed by atoms with Crippen LogP contribution in [-0.4, -0.2) is 20.9 Å². The maximum atomic E-state index is 13.0. The Kier molecular flexibility index (Phi) is 8.10. The number of nitrogens with zero attached hydrogens (tertiary/aromatic N) is 2. The molecule has 3 rings (SSSR count). The molecule has 0 saturated heterocycles. The van der Waals surface area contributed by atoms with Crippen LogP contribution < -0.4 is 21.3 Å². The van der Waals surface area contributed by atoms with E-state index in [1.807, 2.05) is 6.07 Å². The molecule has 0 aromatic heterocycles. The lowest BCUT2D eigenvalue weighted by Crippen LogP contribution is -2.28. The molecule has 1 amide bonds. The maximum Gasteiger partial charge on any atom is 0.262 e. The molecule has 0 aliphatic rings. The van der Waals surface area contributed by atoms with Crippen LogP contribution in [0.4, 0.5) is 5.69 Å². The number of sulfonamides is 1. The largest absolute Gasteiger partial charge is 0.346 e. The minimum absolute atomic E-state index is 0.147. The van der Waals surface area contributed by atoms with Gasteiger partial charge >= 0.3 is 0 Å². The molecular formula is C24H25ClN6O3S. The Morgan fingerprint density at radius 1 is 1.03 bits per heavy atom. The SMILES string of the molecule is C=C(CNC(=O)c1ccc(-c2cccc(NS(=O)(=O)c3cc(C)c(Cl)cc3C)c2)cc1)N/N=N\N. The van der Waals surface area contributed by atoms with E-state index in [-0.39, 0.29) is 17.3 Å². The maximum absolute atomic E-state index is 13.0. The summed E-state index contributed by atoms with van der Waals surface area (Å²) in [5, 5.41) is 9.64. The van der Waals surface area contributed by atoms with Crippen molar-refractivity contribution in [1.82, 2.24) is 10.7 Å². The van der Waals surface area contributed by atoms with Gasteiger partial charge in [-0.3, -0.25) is 14.9 Å². The van der Waals surface area contributed by atoms with Gasteiger partial charge in [-0.25, -0.2) is 8.42 Å². The Bertz CT molecular complexity index is 1390. The first kappa shape index (κ1) is 25.7. The molecule has 0 saturated carbocycles. The van der Waals surface area contributed by atoms with E-state index in [0.29, 0.717) is 33.1 Å². The minimum Gasteiger partial charge on any atom is -0.346 e. The number of carbonyl (C=O) groups is 1. The van der Waals surface area contributed by atoms with Gasteiger partial charge in [-0.2, -0.15) is 0 Å². The van der Waals surface area contributed by atoms with Crippen molar-refractivity contribution < 1.29 is 13.2 Å². The fourth-order valence-electron chi connectivity index (χ4n) is 3.26. The standard InChI is InChI=1S/C24H25ClN6O3S/c1-15-12-23(16(2)11-22(15)25)35(33,34)29-21-6-4-5-20(13-21)18-7-9-19(10-8-18)24(32)27-14-17(3)28-31-30-26/h4-13,29H,3,14H2,1-2H3,(H2,26,31)(H,27,32)(H,28,30). The molecule has 35 heavy (non-hydrogen) atoms. The Labute approximate surface area is 209 Å². The van der Waals surface area contributed by atoms with Gasteiger partial charge in [0.1, 0.15) is 0 Å². The second kappa shape index (κ2) is 11.0. The van der Waals surface area contributed by atoms with Gasteiger partial charge in [-0.05, 0) is 72.5 Å². The third kappa shape index (κ3) is 6.58. The zero-order valence-corrected chi connectivity index (χ0v) is 20.7. The fourth-order valence-corrected chi connectivity index (χ4v) is 4.84. The van der Waals surface area contributed by atoms with E-state index in [4.69, 9.17) is 17.4 Å². The highest BCUT2D eigenvalue weighted by molar-refractivity contribution is 7.92. The van der Waals surface area contributed by atoms with Crippen molar-refractivity contribution in [3.05, 3.63) is 94.7 Å². The smallest absolute Gasteiger partial charge is 0.262 e. The fraction of sp³-hybridized carbons (Fsp3) is 0.125. The highest BCUT2D eigenvalue weighted by Crippen LogP contribution is 2.28. The summed E-state index contributed by atoms with van der Waals surface area (Å²) < 4.78 is 28.6. The summed E-state index contributed by atoms with van der Waals surface area (Å²) in [6.45, 7) is 7.29. The average Bonchev–Trinajstić information content (AvgIpc) is 2.83. The quantitative estimate of drug-likeness (QED) is 0.190. The zero-order valence-electron chi connectivity index (χ0n) is 19.2. The molecule has 0 fully saturated rings. The third-order valence-corrected chi connectivity index (χ3v) is 7.00. The van der Waals surface area contributed by atoms with Gasteiger partial charge in [0, 0.05) is 22.0 Å². The summed E-state index contributed by atoms with van der Waals surface area (Å²) in [5.41, 5.74) is 6.60. The number of rotatable bonds is 9. The first-order chi connectivity index (χ1) is 16.6. The number of benzene rings is 3. The van der Waals surface area contributed by atoms with Crippen LogP contribution in [0.1, 0.15) is 21.5 Å². The number of amides is 1. The van der Waals surface area contributed by atoms with Crippen LogP contribution in [0.5, 0.6) is 0 Å². The van der Waals surface area contributed by atoms with Gasteiger partial charge < -0.3 is 11.2 Å². The van der Waals surface area contributed by atoms with Crippen molar-refractivity contribution in [3.8, 4) is 11.1 Å². The summed E-state index contributed by atoms with van der Waals surface area (Å²) in [4.78, 5) is 12.5. The van der Waals surface area contributed by atoms with Crippen LogP contribution >= 0.6 is 11.6 Å². The topological polar surface area (TPSA) is 138 Å². The lowest BCUT2D eigenvalue weighted by atomic mass is 10.0. The molecule has 0 aliphatic heterocycles. The Balaban J connectivity index is 1.74. The van der Waals surface area contributed by atoms with Crippen molar-refractivity contribution in [2.24, 2.45) is 16.3 Å². The van der Waals surface area contributed by atoms with Crippen molar-refractivity contribution in [1.29, 1.82) is 0 Å². The van der Waals surface area contributed by atoms with Gasteiger partial charge in [0.25, 0.3) is 15.9 Å². The first-order valence-corrected chi connectivity index (χ1v) is 12.3. The summed E-state index contributed by atoms with van der Waals surface area (Å²) in [7, 11) is -3.81. The zero-order chi connectivity index (χ0) is 25.6. The normalized spacial score (nSPS) is 11.3. The van der Waals surface area contributed by atoms with Crippen LogP contribution in [0.3, 0.4) is 0 Å². The Hall–Kier alpha value is -3.89. The van der Waals surface area contributed by atoms with E-state index in [1.165, 1.54) is 0 Å². The highest BCUT2D eigenvalue weighted by atomic mass is 35.5. The molecular weight excluding hydrogens is 488 g/mol. The van der Waals surface area contributed by atoms with Crippen LogP contribution in [-0.2, 0) is 10.0 Å². The Morgan fingerprint density at radius 3 is 2.43 bits per heavy atom. The molecule has 9 nitrogen and oxygen atoms in total. The third-order valence-electron chi connectivity index (χ3n) is 5.07. The summed E-state index contributed by atoms with van der Waals surface area (Å²) in [6.07, 6.45) is 0. The molecule has 0 heterocycles. The summed E-state index contributed by atoms with van der Waals surface area (Å²) >= 11 is 6.11. The molecule has 0 aliphatic carbocycles. The predicted molar refractivity (Wildman–Crippen MR) is 137 cm³/mol. The Morgan fingerprint density at radius 2 is 1.74 bits per heavy atom. The number of anilines is 1. The number of nitrogens with two attached hydrogens (primary N) is 1. The van der Waals surface area contributed by atoms with Crippen LogP contribution in [0.2, 0.25) is 5.02 Å². The molecule has 0 bridgehead atoms. The second-order valence-electron chi connectivity index (χ2n) is 7.74. The molecule has 3 aromatic rings. The lowest BCUT2D eigenvalue weighted by molar-refractivity contribution is 0.0956. The van der Waals surface area contributed by atoms with E-state index in [9.17, 15) is 13.2 Å². The van der Waals surface area contributed by atoms with Gasteiger partial charge in [-0.15, -0.1) is 0 Å². The van der Waals surface area contributed by atoms with E-state index >= 15 is 0 Å². The average molecular weight is 513 g/mol. The minimum atomic E-state index is -3.81. The predicted octanol–water partition coefficient (Wildman–Crippen LogP) is 4.50. The molecule has 0 unspecified atom stereocenters. The number of hydrogen-bond donors (Lipinski definition) is 4. The molecule has 0 spiro atoms. The van der Waals surface area contributed by atoms with E-state index < -0.39 is 10.0 Å². The molecule has 0 atom stereocenters. The van der Waals surface area contributed by atoms with E-state index in [1.54, 1.807) is 68.4 Å². The van der Waals surface area contributed by atoms with Crippen molar-refractivity contribution in [2.75, 3.05) is 11.3 Å². The van der Waals surface area contributed by atoms with Crippen molar-refractivity contribution in [2.45, 2.75) is 18.7 Å². The molecule has 11 heteroatoms. The number of nitrogens with one attached hydrogen (secondary N) is 3. The van der Waals surface area contributed by atoms with E-state index in [2.05, 4.69) is 32.5 Å². The van der Waals surface area contributed by atoms with Crippen molar-refractivity contribution in [3.63, 3.8) is 0 Å². The van der Waals surface area contributed by atoms with Gasteiger partial charge in [-0.1, -0.05) is 52.9 Å². The van der Waals surface area contributed by atoms with Gasteiger partial charge in [0.15, 0.2) is 0 Å². The van der Waals surface area contributed by atoms with Crippen LogP contribution in [0, 0.1) is 13.8 Å². The summed E-state index contributed by atoms with van der Waals surface area (Å²) in [6, 6.07) is 17.1. The first-order valence-electron chi connectivity index (χ1n) is 10.4. The molecule has 182 valence electrons. The van der Waals surface area contributed by atoms with E-state index in [0.717, 1.165) is 11.1 Å². The summed E-state index contributed by atoms with van der Waals surface area (Å²) in [5.74, 6) is 4.61. The number of halogens is 1.